The molecule has 0 bridgehead atoms. The highest BCUT2D eigenvalue weighted by Crippen LogP contribution is 2.23. The molecule has 0 N–H and O–H groups in total. The van der Waals surface area contributed by atoms with Gasteiger partial charge in [0.1, 0.15) is 5.82 Å². The van der Waals surface area contributed by atoms with Crippen molar-refractivity contribution in [2.75, 3.05) is 20.8 Å². The van der Waals surface area contributed by atoms with Gasteiger partial charge in [-0.25, -0.2) is 4.98 Å². The Morgan fingerprint density at radius 1 is 1.31 bits per heavy atom. The first-order valence-electron chi connectivity index (χ1n) is 9.14. The molecule has 0 aliphatic rings. The molecule has 0 fully saturated rings. The summed E-state index contributed by atoms with van der Waals surface area (Å²) in [6, 6.07) is 7.07. The first-order valence-corrected chi connectivity index (χ1v) is 9.14. The van der Waals surface area contributed by atoms with Crippen LogP contribution in [0.5, 0.6) is 0 Å². The summed E-state index contributed by atoms with van der Waals surface area (Å²) in [5, 5.41) is 0.582. The summed E-state index contributed by atoms with van der Waals surface area (Å²) in [6.45, 7) is 6.87. The average Bonchev–Trinajstić information content (AvgIpc) is 2.61. The van der Waals surface area contributed by atoms with E-state index in [4.69, 9.17) is 9.72 Å². The van der Waals surface area contributed by atoms with Gasteiger partial charge in [0.25, 0.3) is 5.56 Å². The quantitative estimate of drug-likeness (QED) is 0.727. The number of rotatable bonds is 8. The van der Waals surface area contributed by atoms with Crippen molar-refractivity contribution >= 4 is 16.8 Å². The third kappa shape index (κ3) is 4.30. The molecule has 1 atom stereocenters. The van der Waals surface area contributed by atoms with Crippen LogP contribution in [0.2, 0.25) is 0 Å². The minimum atomic E-state index is -0.254. The van der Waals surface area contributed by atoms with Crippen LogP contribution in [0.4, 0.5) is 0 Å². The van der Waals surface area contributed by atoms with E-state index < -0.39 is 0 Å². The molecule has 2 rings (SSSR count). The van der Waals surface area contributed by atoms with Crippen LogP contribution in [-0.2, 0) is 16.1 Å². The Morgan fingerprint density at radius 3 is 2.62 bits per heavy atom. The summed E-state index contributed by atoms with van der Waals surface area (Å²) >= 11 is 0. The van der Waals surface area contributed by atoms with Gasteiger partial charge in [0.2, 0.25) is 5.91 Å². The van der Waals surface area contributed by atoms with Gasteiger partial charge in [-0.05, 0) is 24.5 Å². The van der Waals surface area contributed by atoms with E-state index in [2.05, 4.69) is 0 Å². The number of amides is 1. The predicted molar refractivity (Wildman–Crippen MR) is 103 cm³/mol. The van der Waals surface area contributed by atoms with Crippen LogP contribution in [0.15, 0.2) is 29.1 Å². The lowest BCUT2D eigenvalue weighted by Gasteiger charge is -2.29. The lowest BCUT2D eigenvalue weighted by molar-refractivity contribution is -0.133. The topological polar surface area (TPSA) is 64.4 Å². The van der Waals surface area contributed by atoms with E-state index in [1.807, 2.05) is 39.0 Å². The number of para-hydroxylation sites is 1. The molecule has 1 amide bonds. The van der Waals surface area contributed by atoms with Crippen molar-refractivity contribution in [3.05, 3.63) is 40.4 Å². The molecule has 0 radical (unpaired) electrons. The summed E-state index contributed by atoms with van der Waals surface area (Å²) in [4.78, 5) is 32.1. The zero-order valence-corrected chi connectivity index (χ0v) is 16.4. The molecule has 0 saturated carbocycles. The molecule has 6 heteroatoms. The van der Waals surface area contributed by atoms with E-state index in [0.717, 1.165) is 0 Å². The highest BCUT2D eigenvalue weighted by atomic mass is 16.5. The zero-order chi connectivity index (χ0) is 19.3. The SMILES string of the molecule is CCC(c1nc2ccccc2c(=O)n1CCOC)N(C)C(=O)CC(C)C. The Kier molecular flexibility index (Phi) is 6.91. The van der Waals surface area contributed by atoms with Gasteiger partial charge in [0, 0.05) is 20.6 Å². The summed E-state index contributed by atoms with van der Waals surface area (Å²) < 4.78 is 6.83. The number of ether oxygens (including phenoxy) is 1. The van der Waals surface area contributed by atoms with Crippen molar-refractivity contribution in [2.45, 2.75) is 46.2 Å². The Balaban J connectivity index is 2.56. The molecule has 1 aromatic heterocycles. The molecule has 1 heterocycles. The maximum Gasteiger partial charge on any atom is 0.261 e. The minimum absolute atomic E-state index is 0.0625. The lowest BCUT2D eigenvalue weighted by Crippen LogP contribution is -2.37. The molecule has 0 aliphatic carbocycles. The van der Waals surface area contributed by atoms with Crippen molar-refractivity contribution < 1.29 is 9.53 Å². The summed E-state index contributed by atoms with van der Waals surface area (Å²) in [6.07, 6.45) is 1.15. The molecule has 6 nitrogen and oxygen atoms in total. The molecule has 0 aliphatic heterocycles. The van der Waals surface area contributed by atoms with Crippen LogP contribution in [0.3, 0.4) is 0 Å². The van der Waals surface area contributed by atoms with Gasteiger partial charge in [0.05, 0.1) is 30.1 Å². The Labute approximate surface area is 154 Å². The van der Waals surface area contributed by atoms with Crippen LogP contribution in [0.1, 0.15) is 45.5 Å². The molecule has 26 heavy (non-hydrogen) atoms. The number of methoxy groups -OCH3 is 1. The van der Waals surface area contributed by atoms with Crippen molar-refractivity contribution in [1.29, 1.82) is 0 Å². The van der Waals surface area contributed by atoms with Gasteiger partial charge >= 0.3 is 0 Å². The maximum absolute atomic E-state index is 13.0. The van der Waals surface area contributed by atoms with Crippen LogP contribution in [0, 0.1) is 5.92 Å². The Bertz CT molecular complexity index is 814. The van der Waals surface area contributed by atoms with Crippen molar-refractivity contribution in [3.63, 3.8) is 0 Å². The third-order valence-electron chi connectivity index (χ3n) is 4.54. The molecule has 1 aromatic carbocycles. The van der Waals surface area contributed by atoms with Gasteiger partial charge in [-0.3, -0.25) is 14.2 Å². The average molecular weight is 359 g/mol. The van der Waals surface area contributed by atoms with E-state index in [0.29, 0.717) is 42.7 Å². The van der Waals surface area contributed by atoms with Gasteiger partial charge in [-0.2, -0.15) is 0 Å². The number of hydrogen-bond acceptors (Lipinski definition) is 4. The van der Waals surface area contributed by atoms with Crippen molar-refractivity contribution in [3.8, 4) is 0 Å². The number of carbonyl (C=O) groups excluding carboxylic acids is 1. The summed E-state index contributed by atoms with van der Waals surface area (Å²) in [5.41, 5.74) is 0.565. The third-order valence-corrected chi connectivity index (χ3v) is 4.54. The monoisotopic (exact) mass is 359 g/mol. The first kappa shape index (κ1) is 20.1. The highest BCUT2D eigenvalue weighted by molar-refractivity contribution is 5.78. The van der Waals surface area contributed by atoms with Gasteiger partial charge in [-0.1, -0.05) is 32.9 Å². The van der Waals surface area contributed by atoms with E-state index >= 15 is 0 Å². The van der Waals surface area contributed by atoms with Crippen molar-refractivity contribution in [2.24, 2.45) is 5.92 Å². The molecular weight excluding hydrogens is 330 g/mol. The Hall–Kier alpha value is -2.21. The number of aromatic nitrogens is 2. The van der Waals surface area contributed by atoms with Gasteiger partial charge in [-0.15, -0.1) is 0 Å². The summed E-state index contributed by atoms with van der Waals surface area (Å²) in [7, 11) is 3.40. The second-order valence-electron chi connectivity index (χ2n) is 6.96. The smallest absolute Gasteiger partial charge is 0.261 e. The molecule has 1 unspecified atom stereocenters. The number of carbonyl (C=O) groups is 1. The number of fused-ring (bicyclic) bond motifs is 1. The second kappa shape index (κ2) is 8.94. The predicted octanol–water partition coefficient (Wildman–Crippen LogP) is 3.00. The molecule has 142 valence electrons. The first-order chi connectivity index (χ1) is 12.4. The van der Waals surface area contributed by atoms with Crippen LogP contribution in [-0.4, -0.2) is 41.1 Å². The number of benzene rings is 1. The molecule has 0 spiro atoms. The second-order valence-corrected chi connectivity index (χ2v) is 6.96. The Morgan fingerprint density at radius 2 is 2.00 bits per heavy atom. The molecule has 0 saturated heterocycles. The largest absolute Gasteiger partial charge is 0.383 e. The fraction of sp³-hybridized carbons (Fsp3) is 0.550. The van der Waals surface area contributed by atoms with Crippen LogP contribution < -0.4 is 5.56 Å². The molecular formula is C20H29N3O3. The number of nitrogens with zero attached hydrogens (tertiary/aromatic N) is 3. The van der Waals surface area contributed by atoms with E-state index in [1.165, 1.54) is 0 Å². The van der Waals surface area contributed by atoms with Crippen LogP contribution >= 0.6 is 0 Å². The van der Waals surface area contributed by atoms with Crippen molar-refractivity contribution in [1.82, 2.24) is 14.5 Å². The fourth-order valence-electron chi connectivity index (χ4n) is 3.13. The molecule has 2 aromatic rings. The zero-order valence-electron chi connectivity index (χ0n) is 16.4. The normalized spacial score (nSPS) is 12.5. The fourth-order valence-corrected chi connectivity index (χ4v) is 3.13. The summed E-state index contributed by atoms with van der Waals surface area (Å²) in [5.74, 6) is 0.961. The maximum atomic E-state index is 13.0. The standard InChI is InChI=1S/C20H29N3O3/c1-6-17(22(4)18(24)13-14(2)3)19-21-16-10-8-7-9-15(16)20(25)23(19)11-12-26-5/h7-10,14,17H,6,11-13H2,1-5H3. The van der Waals surface area contributed by atoms with E-state index in [-0.39, 0.29) is 23.4 Å². The number of hydrogen-bond donors (Lipinski definition) is 0. The highest BCUT2D eigenvalue weighted by Gasteiger charge is 2.25. The van der Waals surface area contributed by atoms with Crippen LogP contribution in [0.25, 0.3) is 10.9 Å². The van der Waals surface area contributed by atoms with Gasteiger partial charge in [0.15, 0.2) is 0 Å². The van der Waals surface area contributed by atoms with E-state index in [9.17, 15) is 9.59 Å². The van der Waals surface area contributed by atoms with Gasteiger partial charge < -0.3 is 9.64 Å². The lowest BCUT2D eigenvalue weighted by atomic mass is 10.1. The minimum Gasteiger partial charge on any atom is -0.383 e. The van der Waals surface area contributed by atoms with E-state index in [1.54, 1.807) is 29.7 Å².